The van der Waals surface area contributed by atoms with E-state index in [-0.39, 0.29) is 17.8 Å². The van der Waals surface area contributed by atoms with Crippen LogP contribution in [0, 0.1) is 10.1 Å². The number of hydrogen-bond donors (Lipinski definition) is 2. The zero-order valence-corrected chi connectivity index (χ0v) is 15.3. The van der Waals surface area contributed by atoms with Crippen LogP contribution in [0.2, 0.25) is 0 Å². The van der Waals surface area contributed by atoms with E-state index < -0.39 is 35.0 Å². The van der Waals surface area contributed by atoms with Crippen molar-refractivity contribution in [1.82, 2.24) is 4.90 Å². The van der Waals surface area contributed by atoms with E-state index >= 15 is 0 Å². The van der Waals surface area contributed by atoms with Crippen molar-refractivity contribution in [2.24, 2.45) is 0 Å². The third-order valence-corrected chi connectivity index (χ3v) is 4.53. The summed E-state index contributed by atoms with van der Waals surface area (Å²) in [5, 5.41) is 30.8. The number of rotatable bonds is 7. The lowest BCUT2D eigenvalue weighted by Gasteiger charge is -2.25. The minimum absolute atomic E-state index is 0.143. The molecule has 2 N–H and O–H groups in total. The highest BCUT2D eigenvalue weighted by Gasteiger charge is 2.42. The largest absolute Gasteiger partial charge is 0.503 e. The van der Waals surface area contributed by atoms with Gasteiger partial charge >= 0.3 is 0 Å². The zero-order valence-electron chi connectivity index (χ0n) is 15.3. The summed E-state index contributed by atoms with van der Waals surface area (Å²) in [4.78, 5) is 37.0. The summed E-state index contributed by atoms with van der Waals surface area (Å²) < 4.78 is 0. The van der Waals surface area contributed by atoms with Crippen molar-refractivity contribution in [3.8, 4) is 0 Å². The van der Waals surface area contributed by atoms with Crippen LogP contribution in [0.4, 0.5) is 5.69 Å². The Morgan fingerprint density at radius 1 is 1.17 bits per heavy atom. The molecule has 3 rings (SSSR count). The summed E-state index contributed by atoms with van der Waals surface area (Å²) in [6.45, 7) is -0.540. The molecular weight excluding hydrogens is 376 g/mol. The first kappa shape index (κ1) is 20.0. The van der Waals surface area contributed by atoms with Crippen LogP contribution in [-0.4, -0.2) is 44.9 Å². The molecule has 0 saturated carbocycles. The number of carbonyl (C=O) groups excluding carboxylic acids is 2. The lowest BCUT2D eigenvalue weighted by Crippen LogP contribution is -2.33. The van der Waals surface area contributed by atoms with Crippen LogP contribution in [0.3, 0.4) is 0 Å². The fraction of sp³-hybridized carbons (Fsp3) is 0.143. The Balaban J connectivity index is 2.03. The van der Waals surface area contributed by atoms with E-state index in [0.29, 0.717) is 5.56 Å². The normalized spacial score (nSPS) is 16.7. The van der Waals surface area contributed by atoms with Gasteiger partial charge in [-0.15, -0.1) is 0 Å². The molecule has 1 aliphatic heterocycles. The standard InChI is InChI=1S/C21H18N2O6/c24-12-11-22-19(15-7-4-8-16(13-15)23(28)29)18(20(26)21(22)27)17(25)10-9-14-5-2-1-3-6-14/h1-10,13,19,24,26H,11-12H2/b10-9+. The van der Waals surface area contributed by atoms with Crippen molar-refractivity contribution >= 4 is 23.5 Å². The van der Waals surface area contributed by atoms with Gasteiger partial charge in [0.15, 0.2) is 11.5 Å². The molecule has 0 aromatic heterocycles. The first-order valence-electron chi connectivity index (χ1n) is 8.80. The predicted octanol–water partition coefficient (Wildman–Crippen LogP) is 2.57. The number of amides is 1. The second-order valence-corrected chi connectivity index (χ2v) is 6.35. The van der Waals surface area contributed by atoms with Crippen LogP contribution in [0.5, 0.6) is 0 Å². The van der Waals surface area contributed by atoms with Gasteiger partial charge in [-0.1, -0.05) is 48.5 Å². The number of carbonyl (C=O) groups is 2. The van der Waals surface area contributed by atoms with Crippen LogP contribution in [0.15, 0.2) is 72.0 Å². The fourth-order valence-electron chi connectivity index (χ4n) is 3.22. The van der Waals surface area contributed by atoms with Crippen LogP contribution < -0.4 is 0 Å². The zero-order chi connectivity index (χ0) is 21.0. The highest BCUT2D eigenvalue weighted by atomic mass is 16.6. The lowest BCUT2D eigenvalue weighted by molar-refractivity contribution is -0.384. The van der Waals surface area contributed by atoms with Crippen molar-refractivity contribution in [1.29, 1.82) is 0 Å². The topological polar surface area (TPSA) is 121 Å². The molecule has 148 valence electrons. The number of nitro benzene ring substituents is 1. The van der Waals surface area contributed by atoms with Crippen molar-refractivity contribution in [3.63, 3.8) is 0 Å². The number of aliphatic hydroxyl groups excluding tert-OH is 2. The number of β-amino-alcohol motifs (C(OH)–C–C–N with tert-alkyl or cyclic N) is 1. The second-order valence-electron chi connectivity index (χ2n) is 6.35. The molecule has 2 aromatic carbocycles. The molecule has 29 heavy (non-hydrogen) atoms. The minimum Gasteiger partial charge on any atom is -0.503 e. The molecule has 2 aromatic rings. The Morgan fingerprint density at radius 3 is 2.55 bits per heavy atom. The van der Waals surface area contributed by atoms with Crippen molar-refractivity contribution in [2.45, 2.75) is 6.04 Å². The Hall–Kier alpha value is -3.78. The van der Waals surface area contributed by atoms with E-state index in [9.17, 15) is 29.9 Å². The number of ketones is 1. The molecule has 0 saturated heterocycles. The number of non-ortho nitro benzene ring substituents is 1. The van der Waals surface area contributed by atoms with E-state index in [1.807, 2.05) is 6.07 Å². The SMILES string of the molecule is O=C(/C=C/c1ccccc1)C1=C(O)C(=O)N(CCO)C1c1cccc([N+](=O)[O-])c1. The van der Waals surface area contributed by atoms with Gasteiger partial charge in [0.2, 0.25) is 0 Å². The molecule has 0 fully saturated rings. The predicted molar refractivity (Wildman–Crippen MR) is 105 cm³/mol. The third kappa shape index (κ3) is 4.07. The maximum absolute atomic E-state index is 12.8. The molecular formula is C21H18N2O6. The smallest absolute Gasteiger partial charge is 0.290 e. The van der Waals surface area contributed by atoms with E-state index in [0.717, 1.165) is 10.5 Å². The van der Waals surface area contributed by atoms with E-state index in [1.165, 1.54) is 30.3 Å². The van der Waals surface area contributed by atoms with Gasteiger partial charge < -0.3 is 15.1 Å². The summed E-state index contributed by atoms with van der Waals surface area (Å²) in [6.07, 6.45) is 2.78. The number of benzene rings is 2. The van der Waals surface area contributed by atoms with Gasteiger partial charge in [0.1, 0.15) is 0 Å². The molecule has 1 amide bonds. The van der Waals surface area contributed by atoms with Crippen LogP contribution in [-0.2, 0) is 9.59 Å². The molecule has 0 spiro atoms. The highest BCUT2D eigenvalue weighted by Crippen LogP contribution is 2.38. The first-order chi connectivity index (χ1) is 13.9. The quantitative estimate of drug-likeness (QED) is 0.423. The summed E-state index contributed by atoms with van der Waals surface area (Å²) in [6, 6.07) is 13.5. The maximum Gasteiger partial charge on any atom is 0.290 e. The van der Waals surface area contributed by atoms with Crippen molar-refractivity contribution in [2.75, 3.05) is 13.2 Å². The van der Waals surface area contributed by atoms with Crippen LogP contribution in [0.1, 0.15) is 17.2 Å². The van der Waals surface area contributed by atoms with Crippen molar-refractivity contribution < 1.29 is 24.7 Å². The minimum atomic E-state index is -1.04. The Kier molecular flexibility index (Phi) is 5.85. The lowest BCUT2D eigenvalue weighted by atomic mass is 9.95. The van der Waals surface area contributed by atoms with Gasteiger partial charge in [-0.05, 0) is 17.2 Å². The molecule has 0 aliphatic carbocycles. The number of nitrogens with zero attached hydrogens (tertiary/aromatic N) is 2. The van der Waals surface area contributed by atoms with Crippen LogP contribution >= 0.6 is 0 Å². The van der Waals surface area contributed by atoms with Gasteiger partial charge in [-0.25, -0.2) is 0 Å². The number of allylic oxidation sites excluding steroid dienone is 1. The molecule has 1 atom stereocenters. The second kappa shape index (κ2) is 8.49. The summed E-state index contributed by atoms with van der Waals surface area (Å²) in [5.74, 6) is -2.14. The number of aliphatic hydroxyl groups is 2. The molecule has 8 nitrogen and oxygen atoms in total. The summed E-state index contributed by atoms with van der Waals surface area (Å²) in [7, 11) is 0. The Labute approximate surface area is 166 Å². The number of hydrogen-bond acceptors (Lipinski definition) is 6. The van der Waals surface area contributed by atoms with E-state index in [4.69, 9.17) is 0 Å². The average molecular weight is 394 g/mol. The summed E-state index contributed by atoms with van der Waals surface area (Å²) in [5.41, 5.74) is 0.652. The molecule has 1 aliphatic rings. The molecule has 1 heterocycles. The molecule has 0 bridgehead atoms. The van der Waals surface area contributed by atoms with Gasteiger partial charge in [-0.3, -0.25) is 19.7 Å². The third-order valence-electron chi connectivity index (χ3n) is 4.53. The highest BCUT2D eigenvalue weighted by molar-refractivity contribution is 6.14. The Bertz CT molecular complexity index is 1010. The number of nitro groups is 1. The van der Waals surface area contributed by atoms with E-state index in [1.54, 1.807) is 30.3 Å². The monoisotopic (exact) mass is 394 g/mol. The van der Waals surface area contributed by atoms with Crippen LogP contribution in [0.25, 0.3) is 6.08 Å². The molecule has 0 radical (unpaired) electrons. The van der Waals surface area contributed by atoms with Gasteiger partial charge in [-0.2, -0.15) is 0 Å². The van der Waals surface area contributed by atoms with Gasteiger partial charge in [0, 0.05) is 18.7 Å². The Morgan fingerprint density at radius 2 is 1.90 bits per heavy atom. The van der Waals surface area contributed by atoms with Gasteiger partial charge in [0.25, 0.3) is 11.6 Å². The van der Waals surface area contributed by atoms with Gasteiger partial charge in [0.05, 0.1) is 23.1 Å². The maximum atomic E-state index is 12.8. The first-order valence-corrected chi connectivity index (χ1v) is 8.80. The van der Waals surface area contributed by atoms with E-state index in [2.05, 4.69) is 0 Å². The van der Waals surface area contributed by atoms with Crippen molar-refractivity contribution in [3.05, 3.63) is 93.2 Å². The average Bonchev–Trinajstić information content (AvgIpc) is 2.98. The molecule has 1 unspecified atom stereocenters. The fourth-order valence-corrected chi connectivity index (χ4v) is 3.22. The molecule has 8 heteroatoms. The summed E-state index contributed by atoms with van der Waals surface area (Å²) >= 11 is 0.